The SMILES string of the molecule is c1ccc(-c2cc3c4ccccc4ccc3c3cccc(-c4ccc5ccccc5c4)c23)cc1. The molecule has 7 rings (SSSR count). The minimum Gasteiger partial charge on any atom is -0.0622 e. The molecule has 0 N–H and O–H groups in total. The van der Waals surface area contributed by atoms with Gasteiger partial charge in [0.2, 0.25) is 0 Å². The van der Waals surface area contributed by atoms with Gasteiger partial charge in [0.1, 0.15) is 0 Å². The predicted octanol–water partition coefficient (Wildman–Crippen LogP) is 9.63. The van der Waals surface area contributed by atoms with Crippen LogP contribution in [0, 0.1) is 0 Å². The highest BCUT2D eigenvalue weighted by molar-refractivity contribution is 6.23. The van der Waals surface area contributed by atoms with Crippen LogP contribution in [-0.4, -0.2) is 0 Å². The third kappa shape index (κ3) is 2.93. The molecule has 0 bridgehead atoms. The van der Waals surface area contributed by atoms with Crippen LogP contribution in [0.4, 0.5) is 0 Å². The average molecular weight is 431 g/mol. The average Bonchev–Trinajstić information content (AvgIpc) is 2.92. The van der Waals surface area contributed by atoms with Crippen LogP contribution < -0.4 is 0 Å². The Hall–Kier alpha value is -4.42. The van der Waals surface area contributed by atoms with Crippen LogP contribution in [0.5, 0.6) is 0 Å². The molecule has 0 atom stereocenters. The Morgan fingerprint density at radius 3 is 1.88 bits per heavy atom. The van der Waals surface area contributed by atoms with E-state index in [0.29, 0.717) is 0 Å². The van der Waals surface area contributed by atoms with Gasteiger partial charge in [-0.1, -0.05) is 121 Å². The van der Waals surface area contributed by atoms with Crippen molar-refractivity contribution >= 4 is 43.1 Å². The lowest BCUT2D eigenvalue weighted by Crippen LogP contribution is -1.89. The first-order valence-corrected chi connectivity index (χ1v) is 11.8. The van der Waals surface area contributed by atoms with Gasteiger partial charge < -0.3 is 0 Å². The third-order valence-corrected chi connectivity index (χ3v) is 7.03. The van der Waals surface area contributed by atoms with Crippen LogP contribution in [0.25, 0.3) is 65.3 Å². The van der Waals surface area contributed by atoms with Crippen LogP contribution in [0.2, 0.25) is 0 Å². The molecule has 0 fully saturated rings. The van der Waals surface area contributed by atoms with Crippen molar-refractivity contribution in [1.82, 2.24) is 0 Å². The summed E-state index contributed by atoms with van der Waals surface area (Å²) in [5.41, 5.74) is 5.05. The highest BCUT2D eigenvalue weighted by Crippen LogP contribution is 2.42. The Balaban J connectivity index is 1.65. The van der Waals surface area contributed by atoms with Crippen LogP contribution in [0.15, 0.2) is 133 Å². The minimum absolute atomic E-state index is 1.25. The van der Waals surface area contributed by atoms with Crippen molar-refractivity contribution in [2.45, 2.75) is 0 Å². The van der Waals surface area contributed by atoms with Crippen LogP contribution in [0.1, 0.15) is 0 Å². The fourth-order valence-electron chi connectivity index (χ4n) is 5.41. The Labute approximate surface area is 198 Å². The second-order valence-electron chi connectivity index (χ2n) is 8.96. The fraction of sp³-hybridized carbons (Fsp3) is 0. The van der Waals surface area contributed by atoms with E-state index in [9.17, 15) is 0 Å². The van der Waals surface area contributed by atoms with Crippen molar-refractivity contribution < 1.29 is 0 Å². The van der Waals surface area contributed by atoms with Crippen molar-refractivity contribution in [3.05, 3.63) is 133 Å². The summed E-state index contributed by atoms with van der Waals surface area (Å²) in [6.45, 7) is 0. The smallest absolute Gasteiger partial charge is 0.00204 e. The summed E-state index contributed by atoms with van der Waals surface area (Å²) in [6, 6.07) is 48.6. The van der Waals surface area contributed by atoms with Crippen molar-refractivity contribution in [2.24, 2.45) is 0 Å². The Morgan fingerprint density at radius 1 is 0.294 bits per heavy atom. The van der Waals surface area contributed by atoms with E-state index in [2.05, 4.69) is 133 Å². The maximum atomic E-state index is 2.40. The van der Waals surface area contributed by atoms with Gasteiger partial charge in [0, 0.05) is 0 Å². The number of fused-ring (bicyclic) bond motifs is 6. The topological polar surface area (TPSA) is 0 Å². The standard InChI is InChI=1S/C34H22/c1-2-10-24(11-3-1)32-22-33-28-14-7-6-12-25(28)19-20-30(33)31-16-8-15-29(34(31)32)27-18-17-23-9-4-5-13-26(23)21-27/h1-22H. The van der Waals surface area contributed by atoms with Crippen LogP contribution in [0.3, 0.4) is 0 Å². The highest BCUT2D eigenvalue weighted by atomic mass is 14.2. The van der Waals surface area contributed by atoms with Gasteiger partial charge in [-0.25, -0.2) is 0 Å². The monoisotopic (exact) mass is 430 g/mol. The largest absolute Gasteiger partial charge is 0.0622 e. The molecule has 7 aromatic rings. The first-order valence-electron chi connectivity index (χ1n) is 11.8. The van der Waals surface area contributed by atoms with E-state index in [1.165, 1.54) is 65.3 Å². The zero-order valence-electron chi connectivity index (χ0n) is 18.7. The molecule has 0 heterocycles. The summed E-state index contributed by atoms with van der Waals surface area (Å²) in [7, 11) is 0. The molecule has 158 valence electrons. The summed E-state index contributed by atoms with van der Waals surface area (Å²) < 4.78 is 0. The van der Waals surface area contributed by atoms with E-state index in [4.69, 9.17) is 0 Å². The number of benzene rings is 7. The molecule has 0 saturated carbocycles. The van der Waals surface area contributed by atoms with E-state index < -0.39 is 0 Å². The lowest BCUT2D eigenvalue weighted by molar-refractivity contribution is 1.65. The molecular weight excluding hydrogens is 408 g/mol. The van der Waals surface area contributed by atoms with Gasteiger partial charge >= 0.3 is 0 Å². The van der Waals surface area contributed by atoms with Crippen LogP contribution >= 0.6 is 0 Å². The molecule has 0 spiro atoms. The van der Waals surface area contributed by atoms with E-state index in [-0.39, 0.29) is 0 Å². The molecule has 0 unspecified atom stereocenters. The van der Waals surface area contributed by atoms with Gasteiger partial charge in [-0.3, -0.25) is 0 Å². The van der Waals surface area contributed by atoms with Gasteiger partial charge in [-0.05, 0) is 77.5 Å². The molecule has 0 aliphatic rings. The second kappa shape index (κ2) is 7.57. The Bertz CT molecular complexity index is 1840. The minimum atomic E-state index is 1.25. The van der Waals surface area contributed by atoms with Gasteiger partial charge in [0.05, 0.1) is 0 Å². The predicted molar refractivity (Wildman–Crippen MR) is 147 cm³/mol. The summed E-state index contributed by atoms with van der Waals surface area (Å²) >= 11 is 0. The molecule has 0 amide bonds. The summed E-state index contributed by atoms with van der Waals surface area (Å²) in [6.07, 6.45) is 0. The van der Waals surface area contributed by atoms with E-state index >= 15 is 0 Å². The quantitative estimate of drug-likeness (QED) is 0.239. The van der Waals surface area contributed by atoms with Gasteiger partial charge in [0.15, 0.2) is 0 Å². The van der Waals surface area contributed by atoms with Gasteiger partial charge in [-0.2, -0.15) is 0 Å². The highest BCUT2D eigenvalue weighted by Gasteiger charge is 2.15. The Morgan fingerprint density at radius 2 is 1.00 bits per heavy atom. The summed E-state index contributed by atoms with van der Waals surface area (Å²) in [4.78, 5) is 0. The summed E-state index contributed by atoms with van der Waals surface area (Å²) in [5, 5.41) is 10.3. The molecule has 0 heteroatoms. The van der Waals surface area contributed by atoms with Gasteiger partial charge in [-0.15, -0.1) is 0 Å². The first kappa shape index (κ1) is 19.1. The first-order chi connectivity index (χ1) is 16.9. The molecule has 0 nitrogen and oxygen atoms in total. The maximum absolute atomic E-state index is 2.40. The molecule has 0 aromatic heterocycles. The fourth-order valence-corrected chi connectivity index (χ4v) is 5.41. The third-order valence-electron chi connectivity index (χ3n) is 7.03. The molecule has 7 aromatic carbocycles. The molecule has 0 aliphatic carbocycles. The maximum Gasteiger partial charge on any atom is -0.00204 e. The van der Waals surface area contributed by atoms with E-state index in [1.54, 1.807) is 0 Å². The molecule has 0 radical (unpaired) electrons. The lowest BCUT2D eigenvalue weighted by Gasteiger charge is -2.17. The zero-order valence-corrected chi connectivity index (χ0v) is 18.7. The van der Waals surface area contributed by atoms with E-state index in [0.717, 1.165) is 0 Å². The van der Waals surface area contributed by atoms with Crippen molar-refractivity contribution in [2.75, 3.05) is 0 Å². The van der Waals surface area contributed by atoms with Crippen molar-refractivity contribution in [3.63, 3.8) is 0 Å². The molecule has 0 saturated heterocycles. The van der Waals surface area contributed by atoms with Gasteiger partial charge in [0.25, 0.3) is 0 Å². The summed E-state index contributed by atoms with van der Waals surface area (Å²) in [5.74, 6) is 0. The molecular formula is C34H22. The van der Waals surface area contributed by atoms with Crippen molar-refractivity contribution in [3.8, 4) is 22.3 Å². The number of hydrogen-bond acceptors (Lipinski definition) is 0. The lowest BCUT2D eigenvalue weighted by atomic mass is 9.87. The number of hydrogen-bond donors (Lipinski definition) is 0. The Kier molecular flexibility index (Phi) is 4.25. The zero-order chi connectivity index (χ0) is 22.5. The van der Waals surface area contributed by atoms with Crippen molar-refractivity contribution in [1.29, 1.82) is 0 Å². The number of rotatable bonds is 2. The van der Waals surface area contributed by atoms with E-state index in [1.807, 2.05) is 0 Å². The van der Waals surface area contributed by atoms with Crippen LogP contribution in [-0.2, 0) is 0 Å². The second-order valence-corrected chi connectivity index (χ2v) is 8.96. The molecule has 34 heavy (non-hydrogen) atoms. The normalized spacial score (nSPS) is 11.5. The molecule has 0 aliphatic heterocycles.